The fraction of sp³-hybridized carbons (Fsp3) is 0.500. The molecule has 2 rings (SSSR count). The minimum atomic E-state index is 0.172. The van der Waals surface area contributed by atoms with E-state index in [1.807, 2.05) is 0 Å². The predicted octanol–water partition coefficient (Wildman–Crippen LogP) is 4.15. The molecule has 17 heavy (non-hydrogen) atoms. The van der Waals surface area contributed by atoms with E-state index in [-0.39, 0.29) is 11.5 Å². The third-order valence-corrected chi connectivity index (χ3v) is 3.30. The first-order valence-corrected chi connectivity index (χ1v) is 6.36. The second-order valence-corrected chi connectivity index (χ2v) is 6.04. The molecule has 1 aromatic carbocycles. The van der Waals surface area contributed by atoms with Gasteiger partial charge in [0, 0.05) is 5.92 Å². The Kier molecular flexibility index (Phi) is 3.39. The number of rotatable bonds is 1. The van der Waals surface area contributed by atoms with Crippen molar-refractivity contribution in [2.45, 2.75) is 33.8 Å². The summed E-state index contributed by atoms with van der Waals surface area (Å²) in [6.07, 6.45) is 2.55. The summed E-state index contributed by atoms with van der Waals surface area (Å²) in [5.41, 5.74) is 2.88. The van der Waals surface area contributed by atoms with Gasteiger partial charge in [0.1, 0.15) is 0 Å². The van der Waals surface area contributed by atoms with E-state index in [0.29, 0.717) is 5.92 Å². The van der Waals surface area contributed by atoms with Crippen LogP contribution in [-0.2, 0) is 4.74 Å². The molecule has 0 bridgehead atoms. The number of hydrogen-bond acceptors (Lipinski definition) is 1. The lowest BCUT2D eigenvalue weighted by Crippen LogP contribution is -2.27. The lowest BCUT2D eigenvalue weighted by Gasteiger charge is -2.27. The first-order valence-electron chi connectivity index (χ1n) is 6.36. The molecule has 0 aliphatic carbocycles. The smallest absolute Gasteiger partial charge is 0.0840 e. The molecule has 92 valence electrons. The van der Waals surface area contributed by atoms with Crippen molar-refractivity contribution in [3.63, 3.8) is 0 Å². The van der Waals surface area contributed by atoms with Gasteiger partial charge in [-0.1, -0.05) is 64.1 Å². The van der Waals surface area contributed by atoms with Crippen LogP contribution in [0.4, 0.5) is 0 Å². The highest BCUT2D eigenvalue weighted by molar-refractivity contribution is 5.55. The van der Waals surface area contributed by atoms with Crippen LogP contribution in [0.25, 0.3) is 6.08 Å². The van der Waals surface area contributed by atoms with E-state index in [1.165, 1.54) is 11.1 Å². The van der Waals surface area contributed by atoms with Crippen LogP contribution >= 0.6 is 0 Å². The Morgan fingerprint density at radius 1 is 1.18 bits per heavy atom. The average molecular weight is 230 g/mol. The van der Waals surface area contributed by atoms with Gasteiger partial charge in [0.25, 0.3) is 0 Å². The molecule has 0 amide bonds. The zero-order chi connectivity index (χ0) is 12.5. The molecule has 0 N–H and O–H groups in total. The molecule has 1 aliphatic heterocycles. The maximum atomic E-state index is 5.95. The van der Waals surface area contributed by atoms with Gasteiger partial charge in [-0.2, -0.15) is 0 Å². The maximum Gasteiger partial charge on any atom is 0.0840 e. The minimum Gasteiger partial charge on any atom is -0.373 e. The molecular formula is C16H22O. The molecule has 0 radical (unpaired) electrons. The van der Waals surface area contributed by atoms with E-state index in [1.54, 1.807) is 0 Å². The highest BCUT2D eigenvalue weighted by Crippen LogP contribution is 2.38. The molecule has 0 unspecified atom stereocenters. The Morgan fingerprint density at radius 3 is 2.41 bits per heavy atom. The molecule has 1 aliphatic rings. The quantitative estimate of drug-likeness (QED) is 0.704. The molecule has 0 saturated carbocycles. The van der Waals surface area contributed by atoms with Crippen molar-refractivity contribution < 1.29 is 4.74 Å². The third kappa shape index (κ3) is 2.78. The maximum absolute atomic E-state index is 5.95. The highest BCUT2D eigenvalue weighted by Gasteiger charge is 2.36. The fourth-order valence-electron chi connectivity index (χ4n) is 2.40. The van der Waals surface area contributed by atoms with Crippen LogP contribution in [0.15, 0.2) is 35.9 Å². The zero-order valence-corrected chi connectivity index (χ0v) is 11.2. The Labute approximate surface area is 104 Å². The number of benzene rings is 1. The van der Waals surface area contributed by atoms with Crippen LogP contribution in [0, 0.1) is 11.3 Å². The van der Waals surface area contributed by atoms with Crippen molar-refractivity contribution in [3.8, 4) is 0 Å². The number of ether oxygens (including phenoxy) is 1. The van der Waals surface area contributed by atoms with Gasteiger partial charge in [-0.3, -0.25) is 0 Å². The van der Waals surface area contributed by atoms with Gasteiger partial charge in [-0.05, 0) is 16.6 Å². The lowest BCUT2D eigenvalue weighted by molar-refractivity contribution is 0.0425. The van der Waals surface area contributed by atoms with Crippen LogP contribution < -0.4 is 0 Å². The summed E-state index contributed by atoms with van der Waals surface area (Å²) in [5.74, 6) is 0.527. The SMILES string of the molecule is C[C@@H]1CO[C@H](C(C)(C)C)/C1=C\c1ccccc1. The molecule has 2 atom stereocenters. The van der Waals surface area contributed by atoms with Crippen molar-refractivity contribution >= 4 is 6.08 Å². The standard InChI is InChI=1S/C16H22O/c1-12-11-17-15(16(2,3)4)14(12)10-13-8-6-5-7-9-13/h5-10,12,15H,11H2,1-4H3/b14-10-/t12-,15+/m1/s1. The second kappa shape index (κ2) is 4.66. The van der Waals surface area contributed by atoms with Crippen molar-refractivity contribution in [3.05, 3.63) is 41.5 Å². The van der Waals surface area contributed by atoms with Crippen molar-refractivity contribution in [1.82, 2.24) is 0 Å². The third-order valence-electron chi connectivity index (χ3n) is 3.30. The van der Waals surface area contributed by atoms with Gasteiger partial charge in [-0.25, -0.2) is 0 Å². The van der Waals surface area contributed by atoms with Crippen LogP contribution in [-0.4, -0.2) is 12.7 Å². The Morgan fingerprint density at radius 2 is 1.82 bits per heavy atom. The molecule has 1 heteroatoms. The largest absolute Gasteiger partial charge is 0.373 e. The minimum absolute atomic E-state index is 0.172. The lowest BCUT2D eigenvalue weighted by atomic mass is 9.81. The average Bonchev–Trinajstić information content (AvgIpc) is 2.62. The molecule has 1 fully saturated rings. The van der Waals surface area contributed by atoms with E-state index >= 15 is 0 Å². The molecule has 1 saturated heterocycles. The molecule has 0 spiro atoms. The van der Waals surface area contributed by atoms with E-state index in [9.17, 15) is 0 Å². The van der Waals surface area contributed by atoms with Gasteiger partial charge in [0.2, 0.25) is 0 Å². The topological polar surface area (TPSA) is 9.23 Å². The first kappa shape index (κ1) is 12.4. The monoisotopic (exact) mass is 230 g/mol. The molecular weight excluding hydrogens is 208 g/mol. The van der Waals surface area contributed by atoms with Crippen molar-refractivity contribution in [2.24, 2.45) is 11.3 Å². The summed E-state index contributed by atoms with van der Waals surface area (Å²) >= 11 is 0. The van der Waals surface area contributed by atoms with Gasteiger partial charge in [-0.15, -0.1) is 0 Å². The second-order valence-electron chi connectivity index (χ2n) is 6.04. The fourth-order valence-corrected chi connectivity index (χ4v) is 2.40. The Bertz CT molecular complexity index is 397. The first-order chi connectivity index (χ1) is 7.98. The van der Waals surface area contributed by atoms with E-state index in [0.717, 1.165) is 6.61 Å². The summed E-state index contributed by atoms with van der Waals surface area (Å²) in [4.78, 5) is 0. The van der Waals surface area contributed by atoms with Gasteiger partial charge in [0.15, 0.2) is 0 Å². The van der Waals surface area contributed by atoms with Gasteiger partial charge >= 0.3 is 0 Å². The van der Waals surface area contributed by atoms with Crippen LogP contribution in [0.5, 0.6) is 0 Å². The Hall–Kier alpha value is -1.08. The van der Waals surface area contributed by atoms with E-state index in [4.69, 9.17) is 4.74 Å². The number of hydrogen-bond donors (Lipinski definition) is 0. The molecule has 1 aromatic rings. The summed E-state index contributed by atoms with van der Waals surface area (Å²) < 4.78 is 5.95. The van der Waals surface area contributed by atoms with Crippen LogP contribution in [0.2, 0.25) is 0 Å². The summed E-state index contributed by atoms with van der Waals surface area (Å²) in [5, 5.41) is 0. The normalized spacial score (nSPS) is 27.6. The van der Waals surface area contributed by atoms with Gasteiger partial charge in [0.05, 0.1) is 12.7 Å². The van der Waals surface area contributed by atoms with Crippen LogP contribution in [0.1, 0.15) is 33.3 Å². The van der Waals surface area contributed by atoms with Crippen molar-refractivity contribution in [2.75, 3.05) is 6.61 Å². The van der Waals surface area contributed by atoms with E-state index in [2.05, 4.69) is 64.1 Å². The molecule has 1 heterocycles. The summed E-state index contributed by atoms with van der Waals surface area (Å²) in [6, 6.07) is 10.5. The van der Waals surface area contributed by atoms with Gasteiger partial charge < -0.3 is 4.74 Å². The zero-order valence-electron chi connectivity index (χ0n) is 11.2. The predicted molar refractivity (Wildman–Crippen MR) is 72.8 cm³/mol. The summed E-state index contributed by atoms with van der Waals surface area (Å²) in [7, 11) is 0. The highest BCUT2D eigenvalue weighted by atomic mass is 16.5. The summed E-state index contributed by atoms with van der Waals surface area (Å²) in [6.45, 7) is 9.83. The Balaban J connectivity index is 2.31. The molecule has 0 aromatic heterocycles. The van der Waals surface area contributed by atoms with E-state index < -0.39 is 0 Å². The van der Waals surface area contributed by atoms with Crippen LogP contribution in [0.3, 0.4) is 0 Å². The molecule has 1 nitrogen and oxygen atoms in total. The van der Waals surface area contributed by atoms with Crippen molar-refractivity contribution in [1.29, 1.82) is 0 Å².